The first kappa shape index (κ1) is 22.5. The summed E-state index contributed by atoms with van der Waals surface area (Å²) >= 11 is 0. The Kier molecular flexibility index (Phi) is 6.17. The third-order valence-corrected chi connectivity index (χ3v) is 5.43. The molecule has 0 saturated carbocycles. The number of fused-ring (bicyclic) bond motifs is 1. The maximum atomic E-state index is 13.9. The van der Waals surface area contributed by atoms with Crippen molar-refractivity contribution in [3.63, 3.8) is 0 Å². The van der Waals surface area contributed by atoms with Gasteiger partial charge in [0.15, 0.2) is 0 Å². The Morgan fingerprint density at radius 3 is 2.73 bits per heavy atom. The van der Waals surface area contributed by atoms with E-state index in [9.17, 15) is 22.8 Å². The molecule has 172 valence electrons. The zero-order valence-corrected chi connectivity index (χ0v) is 17.8. The first-order valence-electron chi connectivity index (χ1n) is 10.3. The Morgan fingerprint density at radius 2 is 1.94 bits per heavy atom. The van der Waals surface area contributed by atoms with E-state index in [1.807, 2.05) is 0 Å². The number of alkyl halides is 2. The summed E-state index contributed by atoms with van der Waals surface area (Å²) in [5.41, 5.74) is 0.769. The van der Waals surface area contributed by atoms with E-state index in [0.717, 1.165) is 0 Å². The molecule has 2 aromatic heterocycles. The molecular formula is C23H21F3N4O3. The summed E-state index contributed by atoms with van der Waals surface area (Å²) < 4.78 is 46.3. The van der Waals surface area contributed by atoms with Crippen LogP contribution in [0.2, 0.25) is 0 Å². The summed E-state index contributed by atoms with van der Waals surface area (Å²) in [6, 6.07) is 8.40. The molecular weight excluding hydrogens is 437 g/mol. The van der Waals surface area contributed by atoms with Crippen LogP contribution in [0.15, 0.2) is 42.6 Å². The van der Waals surface area contributed by atoms with Gasteiger partial charge < -0.3 is 15.0 Å². The zero-order chi connectivity index (χ0) is 23.6. The van der Waals surface area contributed by atoms with Gasteiger partial charge in [-0.1, -0.05) is 0 Å². The van der Waals surface area contributed by atoms with Crippen molar-refractivity contribution in [1.29, 1.82) is 0 Å². The van der Waals surface area contributed by atoms with Gasteiger partial charge in [-0.15, -0.1) is 0 Å². The number of nitrogens with zero attached hydrogens (tertiary/aromatic N) is 3. The molecule has 3 aromatic rings. The molecule has 1 aliphatic rings. The minimum atomic E-state index is -2.79. The SMILES string of the molecule is COC(=O)c1cc(NC(=O)c2cc3ccc(F)cc3nc2N2CCCC(F)(F)CC2)ccn1. The maximum absolute atomic E-state index is 13.9. The lowest BCUT2D eigenvalue weighted by Gasteiger charge is -2.24. The molecule has 0 unspecified atom stereocenters. The van der Waals surface area contributed by atoms with Gasteiger partial charge in [-0.3, -0.25) is 4.79 Å². The molecule has 1 amide bonds. The summed E-state index contributed by atoms with van der Waals surface area (Å²) in [4.78, 5) is 34.9. The number of halogens is 3. The molecule has 0 spiro atoms. The van der Waals surface area contributed by atoms with Crippen LogP contribution in [0.5, 0.6) is 0 Å². The van der Waals surface area contributed by atoms with E-state index in [-0.39, 0.29) is 49.4 Å². The number of hydrogen-bond acceptors (Lipinski definition) is 6. The average molecular weight is 458 g/mol. The predicted molar refractivity (Wildman–Crippen MR) is 116 cm³/mol. The van der Waals surface area contributed by atoms with E-state index in [2.05, 4.69) is 20.0 Å². The van der Waals surface area contributed by atoms with Gasteiger partial charge in [0.2, 0.25) is 5.92 Å². The van der Waals surface area contributed by atoms with E-state index >= 15 is 0 Å². The zero-order valence-electron chi connectivity index (χ0n) is 17.8. The summed E-state index contributed by atoms with van der Waals surface area (Å²) in [6.45, 7) is 0.286. The van der Waals surface area contributed by atoms with Crippen LogP contribution in [-0.4, -0.2) is 48.0 Å². The molecule has 1 fully saturated rings. The number of nitrogens with one attached hydrogen (secondary N) is 1. The first-order valence-corrected chi connectivity index (χ1v) is 10.3. The number of anilines is 2. The van der Waals surface area contributed by atoms with Crippen molar-refractivity contribution < 1.29 is 27.5 Å². The first-order chi connectivity index (χ1) is 15.8. The van der Waals surface area contributed by atoms with Gasteiger partial charge in [0.25, 0.3) is 5.91 Å². The van der Waals surface area contributed by atoms with Crippen molar-refractivity contribution in [2.45, 2.75) is 25.2 Å². The van der Waals surface area contributed by atoms with Crippen LogP contribution < -0.4 is 10.2 Å². The lowest BCUT2D eigenvalue weighted by Crippen LogP contribution is -2.29. The molecule has 1 aliphatic heterocycles. The van der Waals surface area contributed by atoms with E-state index in [0.29, 0.717) is 16.6 Å². The molecule has 1 saturated heterocycles. The largest absolute Gasteiger partial charge is 0.464 e. The van der Waals surface area contributed by atoms with Gasteiger partial charge in [-0.25, -0.2) is 27.9 Å². The number of rotatable bonds is 4. The summed E-state index contributed by atoms with van der Waals surface area (Å²) in [5, 5.41) is 3.21. The van der Waals surface area contributed by atoms with Gasteiger partial charge in [0.1, 0.15) is 17.3 Å². The Hall–Kier alpha value is -3.69. The molecule has 33 heavy (non-hydrogen) atoms. The monoisotopic (exact) mass is 458 g/mol. The number of hydrogen-bond donors (Lipinski definition) is 1. The minimum absolute atomic E-state index is 0.00283. The van der Waals surface area contributed by atoms with Gasteiger partial charge in [0.05, 0.1) is 18.2 Å². The van der Waals surface area contributed by atoms with Crippen molar-refractivity contribution in [3.8, 4) is 0 Å². The summed E-state index contributed by atoms with van der Waals surface area (Å²) in [7, 11) is 1.22. The quantitative estimate of drug-likeness (QED) is 0.583. The lowest BCUT2D eigenvalue weighted by molar-refractivity contribution is -0.0102. The van der Waals surface area contributed by atoms with Crippen LogP contribution in [-0.2, 0) is 4.74 Å². The number of ether oxygens (including phenoxy) is 1. The van der Waals surface area contributed by atoms with Crippen molar-refractivity contribution in [2.75, 3.05) is 30.4 Å². The molecule has 0 radical (unpaired) electrons. The lowest BCUT2D eigenvalue weighted by atomic mass is 10.1. The number of esters is 1. The summed E-state index contributed by atoms with van der Waals surface area (Å²) in [5.74, 6) is -4.30. The van der Waals surface area contributed by atoms with E-state index in [1.54, 1.807) is 11.0 Å². The van der Waals surface area contributed by atoms with Gasteiger partial charge in [-0.05, 0) is 36.8 Å². The number of pyridine rings is 2. The number of methoxy groups -OCH3 is 1. The van der Waals surface area contributed by atoms with Crippen LogP contribution in [0.1, 0.15) is 40.1 Å². The number of carbonyl (C=O) groups excluding carboxylic acids is 2. The fraction of sp³-hybridized carbons (Fsp3) is 0.304. The fourth-order valence-corrected chi connectivity index (χ4v) is 3.74. The van der Waals surface area contributed by atoms with Crippen LogP contribution >= 0.6 is 0 Å². The molecule has 1 N–H and O–H groups in total. The molecule has 10 heteroatoms. The summed E-state index contributed by atoms with van der Waals surface area (Å²) in [6.07, 6.45) is 0.954. The van der Waals surface area contributed by atoms with E-state index in [1.165, 1.54) is 43.6 Å². The number of amides is 1. The molecule has 1 aromatic carbocycles. The smallest absolute Gasteiger partial charge is 0.356 e. The Balaban J connectivity index is 1.72. The van der Waals surface area contributed by atoms with Crippen LogP contribution in [0.3, 0.4) is 0 Å². The highest BCUT2D eigenvalue weighted by Crippen LogP contribution is 2.32. The van der Waals surface area contributed by atoms with E-state index in [4.69, 9.17) is 0 Å². The highest BCUT2D eigenvalue weighted by atomic mass is 19.3. The molecule has 7 nitrogen and oxygen atoms in total. The second-order valence-corrected chi connectivity index (χ2v) is 7.77. The van der Waals surface area contributed by atoms with Crippen LogP contribution in [0.4, 0.5) is 24.7 Å². The molecule has 0 atom stereocenters. The van der Waals surface area contributed by atoms with Crippen LogP contribution in [0, 0.1) is 5.82 Å². The maximum Gasteiger partial charge on any atom is 0.356 e. The standard InChI is InChI=1S/C23H21F3N4O3/c1-33-22(32)19-13-16(5-8-27-19)28-21(31)17-11-14-3-4-15(24)12-18(14)29-20(17)30-9-2-6-23(25,26)7-10-30/h3-5,8,11-13H,2,6-7,9-10H2,1H3,(H,27,28,31). The highest BCUT2D eigenvalue weighted by Gasteiger charge is 2.33. The molecule has 4 rings (SSSR count). The average Bonchev–Trinajstić information content (AvgIpc) is 2.98. The van der Waals surface area contributed by atoms with Crippen LogP contribution in [0.25, 0.3) is 10.9 Å². The molecule has 3 heterocycles. The van der Waals surface area contributed by atoms with Crippen molar-refractivity contribution >= 4 is 34.3 Å². The van der Waals surface area contributed by atoms with Gasteiger partial charge in [0, 0.05) is 49.3 Å². The van der Waals surface area contributed by atoms with E-state index < -0.39 is 23.6 Å². The minimum Gasteiger partial charge on any atom is -0.464 e. The Bertz CT molecular complexity index is 1220. The molecule has 0 aliphatic carbocycles. The Morgan fingerprint density at radius 1 is 1.12 bits per heavy atom. The number of carbonyl (C=O) groups is 2. The second kappa shape index (κ2) is 9.05. The third-order valence-electron chi connectivity index (χ3n) is 5.43. The molecule has 0 bridgehead atoms. The number of aromatic nitrogens is 2. The van der Waals surface area contributed by atoms with Gasteiger partial charge >= 0.3 is 5.97 Å². The van der Waals surface area contributed by atoms with Gasteiger partial charge in [-0.2, -0.15) is 0 Å². The number of benzene rings is 1. The third kappa shape index (κ3) is 5.05. The topological polar surface area (TPSA) is 84.4 Å². The van der Waals surface area contributed by atoms with Crippen molar-refractivity contribution in [2.24, 2.45) is 0 Å². The predicted octanol–water partition coefficient (Wildman–Crippen LogP) is 4.43. The second-order valence-electron chi connectivity index (χ2n) is 7.77. The fourth-order valence-electron chi connectivity index (χ4n) is 3.74. The highest BCUT2D eigenvalue weighted by molar-refractivity contribution is 6.09. The van der Waals surface area contributed by atoms with Crippen molar-refractivity contribution in [1.82, 2.24) is 9.97 Å². The van der Waals surface area contributed by atoms with Crippen molar-refractivity contribution in [3.05, 3.63) is 59.7 Å². The Labute approximate surface area is 187 Å². The normalized spacial score (nSPS) is 15.7.